The Hall–Kier alpha value is -1.08. The zero-order valence-electron chi connectivity index (χ0n) is 13.1. The summed E-state index contributed by atoms with van der Waals surface area (Å²) in [6, 6.07) is 5.91. The van der Waals surface area contributed by atoms with E-state index in [1.165, 1.54) is 18.2 Å². The van der Waals surface area contributed by atoms with E-state index >= 15 is 0 Å². The Kier molecular flexibility index (Phi) is 9.49. The summed E-state index contributed by atoms with van der Waals surface area (Å²) >= 11 is 0. The van der Waals surface area contributed by atoms with E-state index in [0.717, 1.165) is 0 Å². The van der Waals surface area contributed by atoms with Crippen LogP contribution in [0.25, 0.3) is 0 Å². The van der Waals surface area contributed by atoms with Crippen molar-refractivity contribution in [1.82, 2.24) is 5.32 Å². The molecule has 3 rings (SSSR count). The van der Waals surface area contributed by atoms with Crippen LogP contribution >= 0.6 is 0 Å². The van der Waals surface area contributed by atoms with Crippen molar-refractivity contribution >= 4 is 21.7 Å². The molecule has 4 N–H and O–H groups in total. The molecule has 0 saturated heterocycles. The number of nitrogens with two attached hydrogens (primary N) is 1. The maximum Gasteiger partial charge on any atom is 2.00 e. The average molecular weight is 399 g/mol. The number of carbonyl (C=O) groups excluding carboxylic acids is 1. The van der Waals surface area contributed by atoms with Gasteiger partial charge in [-0.05, 0) is 76.0 Å². The molecule has 0 atom stereocenters. The summed E-state index contributed by atoms with van der Waals surface area (Å²) in [5.74, 6) is 0. The molecule has 2 aliphatic carbocycles. The molecule has 2 fully saturated rings. The number of nitrogens with one attached hydrogen (secondary N) is 2. The summed E-state index contributed by atoms with van der Waals surface area (Å²) < 4.78 is 22.4. The quantitative estimate of drug-likeness (QED) is 0.676. The molecule has 10 radical (unpaired) electrons. The number of benzene rings is 1. The van der Waals surface area contributed by atoms with Crippen molar-refractivity contribution in [3.8, 4) is 0 Å². The van der Waals surface area contributed by atoms with Crippen molar-refractivity contribution in [3.63, 3.8) is 0 Å². The molecule has 0 aromatic heterocycles. The second kappa shape index (κ2) is 10.8. The molecular weight excluding hydrogens is 382 g/mol. The monoisotopic (exact) mass is 399 g/mol. The Morgan fingerprint density at radius 2 is 1.44 bits per heavy atom. The van der Waals surface area contributed by atoms with E-state index in [1.807, 2.05) is 32.1 Å². The molecular formula is C17H17FeN3O3S+2. The summed E-state index contributed by atoms with van der Waals surface area (Å²) in [5.41, 5.74) is 0.343. The van der Waals surface area contributed by atoms with Crippen molar-refractivity contribution in [1.29, 1.82) is 0 Å². The minimum absolute atomic E-state index is 0. The number of urea groups is 1. The fraction of sp³-hybridized carbons (Fsp3) is 0. The molecule has 2 aliphatic rings. The number of hydrogen-bond donors (Lipinski definition) is 3. The maximum atomic E-state index is 11.6. The second-order valence-electron chi connectivity index (χ2n) is 4.79. The molecule has 1 aromatic rings. The SMILES string of the molecule is NS(=O)(=O)c1cccc(NC(=O)N[C]2[CH][CH][CH][CH]2)c1.[CH]1[CH][CH][CH][CH]1.[Fe+2]. The fourth-order valence-corrected chi connectivity index (χ4v) is 2.38. The summed E-state index contributed by atoms with van der Waals surface area (Å²) in [4.78, 5) is 11.6. The van der Waals surface area contributed by atoms with Gasteiger partial charge in [-0.2, -0.15) is 0 Å². The number of sulfonamides is 1. The topological polar surface area (TPSA) is 101 Å². The van der Waals surface area contributed by atoms with Gasteiger partial charge in [-0.25, -0.2) is 18.4 Å². The Balaban J connectivity index is 0.000000448. The predicted molar refractivity (Wildman–Crippen MR) is 91.9 cm³/mol. The van der Waals surface area contributed by atoms with Crippen LogP contribution in [0, 0.1) is 63.8 Å². The molecule has 0 heterocycles. The largest absolute Gasteiger partial charge is 2.00 e. The first kappa shape index (κ1) is 22.0. The van der Waals surface area contributed by atoms with Gasteiger partial charge in [0.05, 0.1) is 10.9 Å². The van der Waals surface area contributed by atoms with E-state index in [9.17, 15) is 13.2 Å². The number of primary sulfonamides is 1. The number of amides is 2. The molecule has 1 aromatic carbocycles. The van der Waals surface area contributed by atoms with Crippen molar-refractivity contribution in [2.75, 3.05) is 5.32 Å². The van der Waals surface area contributed by atoms with Crippen LogP contribution in [0.2, 0.25) is 0 Å². The van der Waals surface area contributed by atoms with E-state index in [-0.39, 0.29) is 22.0 Å². The van der Waals surface area contributed by atoms with Crippen LogP contribution in [-0.2, 0) is 27.1 Å². The third-order valence-electron chi connectivity index (χ3n) is 2.90. The molecule has 0 unspecified atom stereocenters. The first-order chi connectivity index (χ1) is 11.4. The van der Waals surface area contributed by atoms with Gasteiger partial charge in [0.1, 0.15) is 0 Å². The van der Waals surface area contributed by atoms with Crippen molar-refractivity contribution in [2.45, 2.75) is 4.90 Å². The fourth-order valence-electron chi connectivity index (χ4n) is 1.82. The summed E-state index contributed by atoms with van der Waals surface area (Å²) in [5, 5.41) is 10.1. The van der Waals surface area contributed by atoms with Crippen molar-refractivity contribution < 1.29 is 30.3 Å². The molecule has 8 heteroatoms. The first-order valence-corrected chi connectivity index (χ1v) is 8.59. The smallest absolute Gasteiger partial charge is 0.329 e. The predicted octanol–water partition coefficient (Wildman–Crippen LogP) is 1.84. The van der Waals surface area contributed by atoms with Gasteiger partial charge < -0.3 is 10.6 Å². The zero-order valence-corrected chi connectivity index (χ0v) is 15.0. The van der Waals surface area contributed by atoms with E-state index < -0.39 is 16.1 Å². The van der Waals surface area contributed by atoms with Crippen LogP contribution in [0.3, 0.4) is 0 Å². The van der Waals surface area contributed by atoms with Gasteiger partial charge in [0.15, 0.2) is 0 Å². The van der Waals surface area contributed by atoms with Crippen LogP contribution in [0.1, 0.15) is 0 Å². The molecule has 0 aliphatic heterocycles. The zero-order chi connectivity index (χ0) is 17.4. The molecule has 25 heavy (non-hydrogen) atoms. The van der Waals surface area contributed by atoms with E-state index in [2.05, 4.69) is 10.6 Å². The van der Waals surface area contributed by atoms with Crippen LogP contribution < -0.4 is 15.8 Å². The van der Waals surface area contributed by atoms with Gasteiger partial charge in [0.2, 0.25) is 10.0 Å². The van der Waals surface area contributed by atoms with E-state index in [1.54, 1.807) is 31.7 Å². The van der Waals surface area contributed by atoms with Gasteiger partial charge >= 0.3 is 23.1 Å². The summed E-state index contributed by atoms with van der Waals surface area (Å²) in [6.45, 7) is 0. The van der Waals surface area contributed by atoms with E-state index in [0.29, 0.717) is 11.7 Å². The van der Waals surface area contributed by atoms with Crippen LogP contribution in [0.5, 0.6) is 0 Å². The standard InChI is InChI=1S/C12H12N3O3S.C5H5.Fe/c13-19(17,18)11-7-3-6-10(8-11)15-12(16)14-9-4-1-2-5-9;1-2-4-5-3-1;/h1-8H,(H2,13,17,18)(H2,14,15,16);1-5H;/q;;+2. The van der Waals surface area contributed by atoms with Crippen LogP contribution in [-0.4, -0.2) is 14.4 Å². The number of rotatable bonds is 3. The Bertz CT molecular complexity index is 635. The normalized spacial score (nSPS) is 17.2. The Labute approximate surface area is 160 Å². The number of carbonyl (C=O) groups is 1. The number of anilines is 1. The molecule has 6 nitrogen and oxygen atoms in total. The Morgan fingerprint density at radius 3 is 1.96 bits per heavy atom. The van der Waals surface area contributed by atoms with Gasteiger partial charge in [-0.1, -0.05) is 6.07 Å². The number of hydrogen-bond acceptors (Lipinski definition) is 3. The summed E-state index contributed by atoms with van der Waals surface area (Å²) in [6.07, 6.45) is 17.1. The Morgan fingerprint density at radius 1 is 0.880 bits per heavy atom. The second-order valence-corrected chi connectivity index (χ2v) is 6.35. The van der Waals surface area contributed by atoms with Crippen molar-refractivity contribution in [3.05, 3.63) is 88.1 Å². The minimum Gasteiger partial charge on any atom is -0.329 e. The average Bonchev–Trinajstić information content (AvgIpc) is 3.22. The van der Waals surface area contributed by atoms with Crippen LogP contribution in [0.4, 0.5) is 10.5 Å². The molecule has 2 amide bonds. The molecule has 0 bridgehead atoms. The minimum atomic E-state index is -3.78. The van der Waals surface area contributed by atoms with Crippen molar-refractivity contribution in [2.24, 2.45) is 5.14 Å². The van der Waals surface area contributed by atoms with Gasteiger partial charge in [-0.15, -0.1) is 0 Å². The van der Waals surface area contributed by atoms with Gasteiger partial charge in [0.25, 0.3) is 0 Å². The van der Waals surface area contributed by atoms with E-state index in [4.69, 9.17) is 5.14 Å². The first-order valence-electron chi connectivity index (χ1n) is 7.04. The summed E-state index contributed by atoms with van der Waals surface area (Å²) in [7, 11) is -3.78. The molecule has 130 valence electrons. The third-order valence-corrected chi connectivity index (χ3v) is 3.81. The maximum absolute atomic E-state index is 11.6. The molecule has 2 saturated carbocycles. The third kappa shape index (κ3) is 8.23. The van der Waals surface area contributed by atoms with Gasteiger partial charge in [-0.3, -0.25) is 0 Å². The van der Waals surface area contributed by atoms with Crippen LogP contribution in [0.15, 0.2) is 29.2 Å². The van der Waals surface area contributed by atoms with Gasteiger partial charge in [0, 0.05) is 5.69 Å². The molecule has 0 spiro atoms.